The molecule has 3 rings (SSSR count). The highest BCUT2D eigenvalue weighted by Gasteiger charge is 2.10. The van der Waals surface area contributed by atoms with Gasteiger partial charge in [-0.25, -0.2) is 0 Å². The van der Waals surface area contributed by atoms with E-state index in [2.05, 4.69) is 72.2 Å². The van der Waals surface area contributed by atoms with Gasteiger partial charge in [0.1, 0.15) is 11.5 Å². The number of halogens is 1. The fraction of sp³-hybridized carbons (Fsp3) is 0.364. The highest BCUT2D eigenvalue weighted by Crippen LogP contribution is 2.37. The van der Waals surface area contributed by atoms with Gasteiger partial charge in [0.25, 0.3) is 0 Å². The van der Waals surface area contributed by atoms with E-state index < -0.39 is 0 Å². The molecule has 132 valence electrons. The Hall–Kier alpha value is -1.74. The first-order chi connectivity index (χ1) is 12.2. The number of unbranched alkanes of at least 4 members (excludes halogenated alkanes) is 2. The Bertz CT molecular complexity index is 857. The number of ether oxygens (including phenoxy) is 2. The fourth-order valence-corrected chi connectivity index (χ4v) is 3.39. The van der Waals surface area contributed by atoms with Crippen LogP contribution in [0.5, 0.6) is 11.5 Å². The molecule has 0 aromatic heterocycles. The van der Waals surface area contributed by atoms with Gasteiger partial charge in [-0.1, -0.05) is 54.8 Å². The number of hydrogen-bond donors (Lipinski definition) is 0. The van der Waals surface area contributed by atoms with Gasteiger partial charge in [0.2, 0.25) is 0 Å². The number of rotatable bonds is 8. The molecule has 0 bridgehead atoms. The van der Waals surface area contributed by atoms with Crippen molar-refractivity contribution in [3.8, 4) is 11.5 Å². The van der Waals surface area contributed by atoms with E-state index in [9.17, 15) is 0 Å². The molecular weight excluding hydrogens is 376 g/mol. The molecule has 3 aromatic carbocycles. The van der Waals surface area contributed by atoms with Gasteiger partial charge in [-0.05, 0) is 48.6 Å². The standard InChI is InChI=1S/C22H25BrO2/c1-3-5-12-24-21-9-7-8-16-14-18-19(15-17(16)21)22(11-10-20(18)23)25-13-6-4-2/h7-11,14-15H,3-6,12-13H2,1-2H3. The molecule has 0 atom stereocenters. The second-order valence-electron chi connectivity index (χ2n) is 6.32. The molecule has 3 aromatic rings. The van der Waals surface area contributed by atoms with E-state index in [1.165, 1.54) is 10.8 Å². The van der Waals surface area contributed by atoms with Crippen molar-refractivity contribution in [3.63, 3.8) is 0 Å². The highest BCUT2D eigenvalue weighted by atomic mass is 79.9. The Morgan fingerprint density at radius 1 is 0.760 bits per heavy atom. The van der Waals surface area contributed by atoms with Gasteiger partial charge in [-0.2, -0.15) is 0 Å². The van der Waals surface area contributed by atoms with Gasteiger partial charge in [-0.15, -0.1) is 0 Å². The summed E-state index contributed by atoms with van der Waals surface area (Å²) in [6, 6.07) is 14.8. The average Bonchev–Trinajstić information content (AvgIpc) is 2.63. The third-order valence-corrected chi connectivity index (χ3v) is 5.08. The second kappa shape index (κ2) is 8.57. The van der Waals surface area contributed by atoms with Crippen molar-refractivity contribution >= 4 is 37.5 Å². The Morgan fingerprint density at radius 2 is 1.44 bits per heavy atom. The predicted octanol–water partition coefficient (Wildman–Crippen LogP) is 7.11. The zero-order chi connectivity index (χ0) is 17.6. The Labute approximate surface area is 158 Å². The van der Waals surface area contributed by atoms with Crippen LogP contribution in [0.25, 0.3) is 21.5 Å². The molecule has 0 aliphatic rings. The Morgan fingerprint density at radius 3 is 2.12 bits per heavy atom. The fourth-order valence-electron chi connectivity index (χ4n) is 2.93. The topological polar surface area (TPSA) is 18.5 Å². The molecule has 0 saturated heterocycles. The van der Waals surface area contributed by atoms with Crippen molar-refractivity contribution < 1.29 is 9.47 Å². The maximum absolute atomic E-state index is 6.04. The van der Waals surface area contributed by atoms with Crippen molar-refractivity contribution in [1.82, 2.24) is 0 Å². The molecule has 0 N–H and O–H groups in total. The smallest absolute Gasteiger partial charge is 0.127 e. The summed E-state index contributed by atoms with van der Waals surface area (Å²) >= 11 is 3.68. The zero-order valence-electron chi connectivity index (χ0n) is 15.0. The largest absolute Gasteiger partial charge is 0.493 e. The maximum Gasteiger partial charge on any atom is 0.127 e. The van der Waals surface area contributed by atoms with E-state index in [4.69, 9.17) is 9.47 Å². The summed E-state index contributed by atoms with van der Waals surface area (Å²) in [6.45, 7) is 5.86. The molecule has 25 heavy (non-hydrogen) atoms. The molecule has 3 heteroatoms. The molecule has 0 heterocycles. The summed E-state index contributed by atoms with van der Waals surface area (Å²) in [5, 5.41) is 4.63. The molecule has 0 aliphatic carbocycles. The molecule has 0 spiro atoms. The number of hydrogen-bond acceptors (Lipinski definition) is 2. The van der Waals surface area contributed by atoms with Gasteiger partial charge in [0.05, 0.1) is 13.2 Å². The zero-order valence-corrected chi connectivity index (χ0v) is 16.6. The minimum atomic E-state index is 0.750. The van der Waals surface area contributed by atoms with E-state index in [1.807, 2.05) is 0 Å². The summed E-state index contributed by atoms with van der Waals surface area (Å²) in [6.07, 6.45) is 4.40. The van der Waals surface area contributed by atoms with Crippen LogP contribution in [-0.4, -0.2) is 13.2 Å². The first-order valence-electron chi connectivity index (χ1n) is 9.15. The Balaban J connectivity index is 2.07. The third kappa shape index (κ3) is 4.09. The van der Waals surface area contributed by atoms with Gasteiger partial charge >= 0.3 is 0 Å². The van der Waals surface area contributed by atoms with E-state index in [0.29, 0.717) is 0 Å². The lowest BCUT2D eigenvalue weighted by molar-refractivity contribution is 0.312. The lowest BCUT2D eigenvalue weighted by Gasteiger charge is -2.14. The first kappa shape index (κ1) is 18.1. The van der Waals surface area contributed by atoms with Gasteiger partial charge in [0, 0.05) is 20.6 Å². The van der Waals surface area contributed by atoms with Crippen LogP contribution >= 0.6 is 15.9 Å². The van der Waals surface area contributed by atoms with Crippen LogP contribution in [0.1, 0.15) is 39.5 Å². The van der Waals surface area contributed by atoms with E-state index >= 15 is 0 Å². The monoisotopic (exact) mass is 400 g/mol. The van der Waals surface area contributed by atoms with Crippen LogP contribution in [0, 0.1) is 0 Å². The SMILES string of the molecule is CCCCOc1cccc2cc3c(Br)ccc(OCCCC)c3cc12. The molecule has 0 fully saturated rings. The average molecular weight is 401 g/mol. The Kier molecular flexibility index (Phi) is 6.19. The quantitative estimate of drug-likeness (QED) is 0.296. The summed E-state index contributed by atoms with van der Waals surface area (Å²) in [4.78, 5) is 0. The van der Waals surface area contributed by atoms with Crippen LogP contribution in [-0.2, 0) is 0 Å². The molecule has 0 radical (unpaired) electrons. The molecule has 2 nitrogen and oxygen atoms in total. The first-order valence-corrected chi connectivity index (χ1v) is 9.94. The molecule has 0 amide bonds. The van der Waals surface area contributed by atoms with Gasteiger partial charge in [-0.3, -0.25) is 0 Å². The molecule has 0 aliphatic heterocycles. The molecule has 0 saturated carbocycles. The third-order valence-electron chi connectivity index (χ3n) is 4.39. The summed E-state index contributed by atoms with van der Waals surface area (Å²) in [5.41, 5.74) is 0. The maximum atomic E-state index is 6.04. The van der Waals surface area contributed by atoms with E-state index in [-0.39, 0.29) is 0 Å². The van der Waals surface area contributed by atoms with E-state index in [1.54, 1.807) is 0 Å². The summed E-state index contributed by atoms with van der Waals surface area (Å²) < 4.78 is 13.2. The lowest BCUT2D eigenvalue weighted by atomic mass is 10.0. The van der Waals surface area contributed by atoms with Crippen LogP contribution in [0.2, 0.25) is 0 Å². The summed E-state index contributed by atoms with van der Waals surface area (Å²) in [5.74, 6) is 1.89. The number of fused-ring (bicyclic) bond motifs is 2. The van der Waals surface area contributed by atoms with E-state index in [0.717, 1.165) is 65.6 Å². The van der Waals surface area contributed by atoms with Crippen molar-refractivity contribution in [2.45, 2.75) is 39.5 Å². The lowest BCUT2D eigenvalue weighted by Crippen LogP contribution is -1.98. The van der Waals surface area contributed by atoms with Crippen LogP contribution < -0.4 is 9.47 Å². The summed E-state index contributed by atoms with van der Waals surface area (Å²) in [7, 11) is 0. The normalized spacial score (nSPS) is 11.2. The molecular formula is C22H25BrO2. The van der Waals surface area contributed by atoms with Crippen LogP contribution in [0.15, 0.2) is 46.9 Å². The predicted molar refractivity (Wildman–Crippen MR) is 110 cm³/mol. The van der Waals surface area contributed by atoms with Crippen molar-refractivity contribution in [2.75, 3.05) is 13.2 Å². The second-order valence-corrected chi connectivity index (χ2v) is 7.18. The van der Waals surface area contributed by atoms with Crippen molar-refractivity contribution in [1.29, 1.82) is 0 Å². The van der Waals surface area contributed by atoms with Crippen LogP contribution in [0.4, 0.5) is 0 Å². The minimum Gasteiger partial charge on any atom is -0.493 e. The highest BCUT2D eigenvalue weighted by molar-refractivity contribution is 9.10. The van der Waals surface area contributed by atoms with Crippen LogP contribution in [0.3, 0.4) is 0 Å². The van der Waals surface area contributed by atoms with Crippen molar-refractivity contribution in [3.05, 3.63) is 46.9 Å². The molecule has 0 unspecified atom stereocenters. The van der Waals surface area contributed by atoms with Gasteiger partial charge < -0.3 is 9.47 Å². The minimum absolute atomic E-state index is 0.750. The van der Waals surface area contributed by atoms with Gasteiger partial charge in [0.15, 0.2) is 0 Å². The number of benzene rings is 3. The van der Waals surface area contributed by atoms with Crippen molar-refractivity contribution in [2.24, 2.45) is 0 Å².